The van der Waals surface area contributed by atoms with Crippen molar-refractivity contribution in [2.24, 2.45) is 0 Å². The number of rotatable bonds is 5. The lowest BCUT2D eigenvalue weighted by atomic mass is 10.1. The predicted octanol–water partition coefficient (Wildman–Crippen LogP) is 4.74. The zero-order chi connectivity index (χ0) is 19.4. The molecule has 0 spiro atoms. The van der Waals surface area contributed by atoms with Crippen LogP contribution in [0.25, 0.3) is 0 Å². The highest BCUT2D eigenvalue weighted by atomic mass is 19.4. The summed E-state index contributed by atoms with van der Waals surface area (Å²) in [6.45, 7) is 2.54. The number of benzene rings is 2. The number of halogens is 3. The Morgan fingerprint density at radius 3 is 2.19 bits per heavy atom. The van der Waals surface area contributed by atoms with Gasteiger partial charge >= 0.3 is 6.18 Å². The van der Waals surface area contributed by atoms with Gasteiger partial charge in [0.1, 0.15) is 12.0 Å². The van der Waals surface area contributed by atoms with Crippen molar-refractivity contribution in [1.29, 1.82) is 0 Å². The number of nitrogens with zero attached hydrogens (tertiary/aromatic N) is 2. The Labute approximate surface area is 154 Å². The molecule has 27 heavy (non-hydrogen) atoms. The number of hydrogen-bond donors (Lipinski definition) is 3. The van der Waals surface area contributed by atoms with Gasteiger partial charge in [-0.2, -0.15) is 13.2 Å². The Morgan fingerprint density at radius 1 is 0.926 bits per heavy atom. The van der Waals surface area contributed by atoms with Crippen molar-refractivity contribution in [3.8, 4) is 0 Å². The van der Waals surface area contributed by atoms with Gasteiger partial charge in [-0.05, 0) is 36.8 Å². The fourth-order valence-corrected chi connectivity index (χ4v) is 2.41. The molecule has 0 bridgehead atoms. The lowest BCUT2D eigenvalue weighted by Gasteiger charge is -2.13. The van der Waals surface area contributed by atoms with Crippen molar-refractivity contribution in [2.45, 2.75) is 19.6 Å². The van der Waals surface area contributed by atoms with Gasteiger partial charge in [-0.25, -0.2) is 9.97 Å². The van der Waals surface area contributed by atoms with Gasteiger partial charge in [-0.3, -0.25) is 0 Å². The maximum Gasteiger partial charge on any atom is 0.416 e. The third-order valence-electron chi connectivity index (χ3n) is 3.94. The van der Waals surface area contributed by atoms with Crippen molar-refractivity contribution in [3.63, 3.8) is 0 Å². The molecule has 0 saturated carbocycles. The minimum Gasteiger partial charge on any atom is -0.393 e. The van der Waals surface area contributed by atoms with Crippen LogP contribution in [0, 0.1) is 6.92 Å². The standard InChI is InChI=1S/C19H18F3N5/c1-12-2-4-13(5-3-12)10-24-17-16(23)18(26-11-25-17)27-15-8-6-14(7-9-15)19(20,21)22/h2-9,11H,10,23H2,1H3,(H2,24,25,26,27). The van der Waals surface area contributed by atoms with E-state index in [2.05, 4.69) is 20.6 Å². The van der Waals surface area contributed by atoms with E-state index in [1.165, 1.54) is 24.0 Å². The van der Waals surface area contributed by atoms with Crippen LogP contribution in [-0.2, 0) is 12.7 Å². The van der Waals surface area contributed by atoms with Gasteiger partial charge in [0.25, 0.3) is 0 Å². The molecule has 3 rings (SSSR count). The van der Waals surface area contributed by atoms with Crippen LogP contribution >= 0.6 is 0 Å². The van der Waals surface area contributed by atoms with Crippen molar-refractivity contribution in [3.05, 3.63) is 71.5 Å². The summed E-state index contributed by atoms with van der Waals surface area (Å²) in [6.07, 6.45) is -3.04. The number of nitrogens with two attached hydrogens (primary N) is 1. The quantitative estimate of drug-likeness (QED) is 0.602. The fraction of sp³-hybridized carbons (Fsp3) is 0.158. The summed E-state index contributed by atoms with van der Waals surface area (Å²) < 4.78 is 37.9. The van der Waals surface area contributed by atoms with Gasteiger partial charge in [0.15, 0.2) is 11.6 Å². The molecule has 3 aromatic rings. The van der Waals surface area contributed by atoms with Crippen LogP contribution in [0.4, 0.5) is 36.2 Å². The Hall–Kier alpha value is -3.29. The molecular formula is C19H18F3N5. The number of nitrogens with one attached hydrogen (secondary N) is 2. The van der Waals surface area contributed by atoms with E-state index in [0.29, 0.717) is 23.9 Å². The molecule has 0 aliphatic heterocycles. The molecule has 0 atom stereocenters. The van der Waals surface area contributed by atoms with E-state index in [1.807, 2.05) is 31.2 Å². The molecular weight excluding hydrogens is 355 g/mol. The number of hydrogen-bond acceptors (Lipinski definition) is 5. The van der Waals surface area contributed by atoms with E-state index in [4.69, 9.17) is 5.73 Å². The van der Waals surface area contributed by atoms with Crippen LogP contribution in [0.1, 0.15) is 16.7 Å². The molecule has 0 unspecified atom stereocenters. The SMILES string of the molecule is Cc1ccc(CNc2ncnc(Nc3ccc(C(F)(F)F)cc3)c2N)cc1. The summed E-state index contributed by atoms with van der Waals surface area (Å²) in [5, 5.41) is 6.05. The topological polar surface area (TPSA) is 75.9 Å². The summed E-state index contributed by atoms with van der Waals surface area (Å²) >= 11 is 0. The molecule has 1 aromatic heterocycles. The largest absolute Gasteiger partial charge is 0.416 e. The van der Waals surface area contributed by atoms with Crippen LogP contribution in [0.3, 0.4) is 0 Å². The molecule has 0 fully saturated rings. The Balaban J connectivity index is 1.71. The Morgan fingerprint density at radius 2 is 1.56 bits per heavy atom. The molecule has 0 aliphatic carbocycles. The summed E-state index contributed by atoms with van der Waals surface area (Å²) in [7, 11) is 0. The van der Waals surface area contributed by atoms with Crippen LogP contribution in [0.15, 0.2) is 54.9 Å². The van der Waals surface area contributed by atoms with Gasteiger partial charge < -0.3 is 16.4 Å². The predicted molar refractivity (Wildman–Crippen MR) is 99.7 cm³/mol. The van der Waals surface area contributed by atoms with Crippen LogP contribution < -0.4 is 16.4 Å². The normalized spacial score (nSPS) is 11.3. The first kappa shape index (κ1) is 18.5. The molecule has 1 heterocycles. The van der Waals surface area contributed by atoms with E-state index in [9.17, 15) is 13.2 Å². The molecule has 140 valence electrons. The van der Waals surface area contributed by atoms with Gasteiger partial charge in [-0.1, -0.05) is 29.8 Å². The summed E-state index contributed by atoms with van der Waals surface area (Å²) in [5.74, 6) is 0.760. The average molecular weight is 373 g/mol. The highest BCUT2D eigenvalue weighted by Crippen LogP contribution is 2.31. The van der Waals surface area contributed by atoms with Crippen molar-refractivity contribution < 1.29 is 13.2 Å². The summed E-state index contributed by atoms with van der Waals surface area (Å²) in [4.78, 5) is 8.19. The Bertz CT molecular complexity index is 906. The number of aromatic nitrogens is 2. The van der Waals surface area contributed by atoms with E-state index in [0.717, 1.165) is 17.7 Å². The number of anilines is 4. The molecule has 0 saturated heterocycles. The first-order valence-corrected chi connectivity index (χ1v) is 8.17. The lowest BCUT2D eigenvalue weighted by molar-refractivity contribution is -0.137. The first-order valence-electron chi connectivity index (χ1n) is 8.17. The third kappa shape index (κ3) is 4.66. The summed E-state index contributed by atoms with van der Waals surface area (Å²) in [6, 6.07) is 12.7. The van der Waals surface area contributed by atoms with Gasteiger partial charge in [0.2, 0.25) is 0 Å². The Kier molecular flexibility index (Phi) is 5.16. The number of aryl methyl sites for hydroxylation is 1. The van der Waals surface area contributed by atoms with E-state index in [-0.39, 0.29) is 5.69 Å². The third-order valence-corrected chi connectivity index (χ3v) is 3.94. The molecule has 0 aliphatic rings. The van der Waals surface area contributed by atoms with Gasteiger partial charge in [0.05, 0.1) is 5.56 Å². The van der Waals surface area contributed by atoms with Crippen molar-refractivity contribution in [2.75, 3.05) is 16.4 Å². The smallest absolute Gasteiger partial charge is 0.393 e. The van der Waals surface area contributed by atoms with E-state index in [1.54, 1.807) is 0 Å². The fourth-order valence-electron chi connectivity index (χ4n) is 2.41. The molecule has 0 amide bonds. The maximum atomic E-state index is 12.6. The average Bonchev–Trinajstić information content (AvgIpc) is 2.63. The van der Waals surface area contributed by atoms with E-state index >= 15 is 0 Å². The van der Waals surface area contributed by atoms with Crippen LogP contribution in [0.2, 0.25) is 0 Å². The second-order valence-electron chi connectivity index (χ2n) is 6.02. The summed E-state index contributed by atoms with van der Waals surface area (Å²) in [5.41, 5.74) is 8.33. The van der Waals surface area contributed by atoms with Gasteiger partial charge in [-0.15, -0.1) is 0 Å². The zero-order valence-corrected chi connectivity index (χ0v) is 14.5. The minimum atomic E-state index is -4.38. The number of alkyl halides is 3. The van der Waals surface area contributed by atoms with Crippen molar-refractivity contribution >= 4 is 23.0 Å². The van der Waals surface area contributed by atoms with Crippen LogP contribution in [0.5, 0.6) is 0 Å². The molecule has 8 heteroatoms. The van der Waals surface area contributed by atoms with Crippen LogP contribution in [-0.4, -0.2) is 9.97 Å². The lowest BCUT2D eigenvalue weighted by Crippen LogP contribution is -2.08. The molecule has 0 radical (unpaired) electrons. The van der Waals surface area contributed by atoms with E-state index < -0.39 is 11.7 Å². The van der Waals surface area contributed by atoms with Gasteiger partial charge in [0, 0.05) is 12.2 Å². The highest BCUT2D eigenvalue weighted by molar-refractivity contribution is 5.77. The van der Waals surface area contributed by atoms with Crippen molar-refractivity contribution in [1.82, 2.24) is 9.97 Å². The zero-order valence-electron chi connectivity index (χ0n) is 14.5. The molecule has 5 nitrogen and oxygen atoms in total. The second-order valence-corrected chi connectivity index (χ2v) is 6.02. The number of nitrogen functional groups attached to an aromatic ring is 1. The molecule has 4 N–H and O–H groups in total. The maximum absolute atomic E-state index is 12.6. The minimum absolute atomic E-state index is 0.282. The monoisotopic (exact) mass is 373 g/mol. The first-order chi connectivity index (χ1) is 12.8. The second kappa shape index (κ2) is 7.53. The highest BCUT2D eigenvalue weighted by Gasteiger charge is 2.29. The molecule has 2 aromatic carbocycles.